The number of hydrogen-bond donors (Lipinski definition) is 3. The Labute approximate surface area is 484 Å². The Hall–Kier alpha value is -4.10. The van der Waals surface area contributed by atoms with Gasteiger partial charge in [0.15, 0.2) is 23.0 Å². The highest BCUT2D eigenvalue weighted by molar-refractivity contribution is 6.30. The lowest BCUT2D eigenvalue weighted by Gasteiger charge is -2.66. The first kappa shape index (κ1) is 51.2. The van der Waals surface area contributed by atoms with Gasteiger partial charge in [0.05, 0.1) is 41.9 Å². The molecule has 0 amide bonds. The average molecular weight is 1140 g/mol. The SMILES string of the molecule is COc1ccc2c3c1O[C@@H]1[C@]34CCN(CC3CC3)[C@H](C2)[C@]4(O)CC[C@]12OC1N3C2O[C@]2(CC[C@@]4(O)[C@H]5Cc6ccc(OC)c7c6[C@@]4(CCN5CC4CC4)[C@H]2O7)C3O[C@@]1(CCCN1CCC(O)(c2ccc(Cl)cc2)CC1)c1ccc(F)cc1. The van der Waals surface area contributed by atoms with E-state index in [1.807, 2.05) is 48.5 Å². The van der Waals surface area contributed by atoms with Crippen LogP contribution in [0, 0.1) is 17.7 Å². The zero-order valence-corrected chi connectivity index (χ0v) is 47.9. The maximum absolute atomic E-state index is 15.5. The van der Waals surface area contributed by atoms with Crippen molar-refractivity contribution in [3.63, 3.8) is 0 Å². The molecule has 10 fully saturated rings. The number of benzene rings is 4. The van der Waals surface area contributed by atoms with Crippen LogP contribution in [0.5, 0.6) is 23.0 Å². The zero-order valence-electron chi connectivity index (χ0n) is 47.1. The van der Waals surface area contributed by atoms with Crippen LogP contribution in [0.25, 0.3) is 0 Å². The fourth-order valence-corrected chi connectivity index (χ4v) is 20.6. The molecular formula is C66H76ClFN4O10. The lowest BCUT2D eigenvalue weighted by molar-refractivity contribution is -0.287. The van der Waals surface area contributed by atoms with Crippen molar-refractivity contribution in [3.8, 4) is 23.0 Å². The van der Waals surface area contributed by atoms with Gasteiger partial charge in [-0.1, -0.05) is 48.0 Å². The normalized spacial score (nSPS) is 42.3. The number of likely N-dealkylation sites (tertiary alicyclic amines) is 3. The Morgan fingerprint density at radius 1 is 0.585 bits per heavy atom. The van der Waals surface area contributed by atoms with Crippen molar-refractivity contribution in [2.75, 3.05) is 60.0 Å². The molecule has 3 unspecified atom stereocenters. The minimum Gasteiger partial charge on any atom is -0.493 e. The van der Waals surface area contributed by atoms with Crippen LogP contribution in [0.1, 0.15) is 123 Å². The molecule has 8 heterocycles. The lowest BCUT2D eigenvalue weighted by atomic mass is 9.46. The first-order chi connectivity index (χ1) is 39.7. The van der Waals surface area contributed by atoms with Gasteiger partial charge in [-0.25, -0.2) is 9.29 Å². The molecule has 0 radical (unpaired) electrons. The van der Waals surface area contributed by atoms with Gasteiger partial charge >= 0.3 is 0 Å². The number of rotatable bonds is 12. The van der Waals surface area contributed by atoms with Gasteiger partial charge in [0.1, 0.15) is 53.5 Å². The van der Waals surface area contributed by atoms with Gasteiger partial charge in [-0.2, -0.15) is 0 Å². The molecule has 4 aromatic carbocycles. The molecule has 4 spiro atoms. The summed E-state index contributed by atoms with van der Waals surface area (Å²) >= 11 is 6.28. The largest absolute Gasteiger partial charge is 0.493 e. The van der Waals surface area contributed by atoms with Crippen molar-refractivity contribution in [1.82, 2.24) is 19.6 Å². The molecule has 6 saturated heterocycles. The Kier molecular flexibility index (Phi) is 10.7. The minimum absolute atomic E-state index is 0.102. The number of piperidine rings is 3. The maximum atomic E-state index is 15.5. The Bertz CT molecular complexity index is 3180. The lowest BCUT2D eigenvalue weighted by Crippen LogP contribution is -2.81. The van der Waals surface area contributed by atoms with Crippen molar-refractivity contribution in [2.45, 2.75) is 190 Å². The summed E-state index contributed by atoms with van der Waals surface area (Å²) in [6.45, 7) is 5.80. The van der Waals surface area contributed by atoms with Crippen molar-refractivity contribution < 1.29 is 52.9 Å². The second-order valence-corrected chi connectivity index (χ2v) is 28.4. The predicted molar refractivity (Wildman–Crippen MR) is 300 cm³/mol. The Balaban J connectivity index is 0.784. The van der Waals surface area contributed by atoms with E-state index in [0.717, 1.165) is 67.8 Å². The summed E-state index contributed by atoms with van der Waals surface area (Å²) in [6.07, 6.45) is 8.47. The molecule has 3 N–H and O–H groups in total. The summed E-state index contributed by atoms with van der Waals surface area (Å²) in [7, 11) is 3.41. The molecule has 14 aliphatic rings. The maximum Gasteiger partial charge on any atom is 0.166 e. The van der Waals surface area contributed by atoms with E-state index in [1.54, 1.807) is 26.4 Å². The van der Waals surface area contributed by atoms with Gasteiger partial charge in [-0.15, -0.1) is 0 Å². The van der Waals surface area contributed by atoms with E-state index in [1.165, 1.54) is 36.8 Å². The second kappa shape index (κ2) is 17.1. The fraction of sp³-hybridized carbons (Fsp3) is 0.636. The first-order valence-corrected chi connectivity index (χ1v) is 31.6. The molecule has 16 heteroatoms. The van der Waals surface area contributed by atoms with Gasteiger partial charge < -0.3 is 53.4 Å². The van der Waals surface area contributed by atoms with E-state index in [2.05, 4.69) is 31.7 Å². The molecule has 4 saturated carbocycles. The molecule has 14 nitrogen and oxygen atoms in total. The molecule has 434 valence electrons. The van der Waals surface area contributed by atoms with Crippen LogP contribution >= 0.6 is 11.6 Å². The highest BCUT2D eigenvalue weighted by atomic mass is 35.5. The molecule has 6 aliphatic carbocycles. The smallest absolute Gasteiger partial charge is 0.166 e. The van der Waals surface area contributed by atoms with Gasteiger partial charge in [0.2, 0.25) is 0 Å². The van der Waals surface area contributed by atoms with Crippen molar-refractivity contribution in [3.05, 3.63) is 117 Å². The van der Waals surface area contributed by atoms with Crippen molar-refractivity contribution in [2.24, 2.45) is 11.8 Å². The van der Waals surface area contributed by atoms with Crippen LogP contribution in [0.15, 0.2) is 72.8 Å². The third kappa shape index (κ3) is 6.30. The molecule has 14 atom stereocenters. The topological polar surface area (TPSA) is 138 Å². The number of nitrogens with zero attached hydrogens (tertiary/aromatic N) is 4. The van der Waals surface area contributed by atoms with E-state index in [9.17, 15) is 15.3 Å². The second-order valence-electron chi connectivity index (χ2n) is 28.0. The predicted octanol–water partition coefficient (Wildman–Crippen LogP) is 7.83. The Morgan fingerprint density at radius 2 is 1.10 bits per heavy atom. The number of aliphatic hydroxyl groups is 3. The number of hydrogen-bond acceptors (Lipinski definition) is 14. The molecule has 4 bridgehead atoms. The molecular weight excluding hydrogens is 1060 g/mol. The van der Waals surface area contributed by atoms with Crippen LogP contribution in [0.4, 0.5) is 4.39 Å². The zero-order chi connectivity index (χ0) is 55.1. The number of halogens is 2. The van der Waals surface area contributed by atoms with Gasteiger partial charge in [0.25, 0.3) is 0 Å². The number of fused-ring (bicyclic) bond motifs is 4. The monoisotopic (exact) mass is 1140 g/mol. The van der Waals surface area contributed by atoms with Crippen molar-refractivity contribution >= 4 is 11.6 Å². The van der Waals surface area contributed by atoms with E-state index < -0.39 is 75.3 Å². The van der Waals surface area contributed by atoms with Gasteiger partial charge in [-0.05, 0) is 193 Å². The third-order valence-corrected chi connectivity index (χ3v) is 24.8. The average Bonchev–Trinajstić information content (AvgIpc) is 1.50. The number of ether oxygens (including phenoxy) is 7. The third-order valence-electron chi connectivity index (χ3n) is 24.6. The van der Waals surface area contributed by atoms with E-state index in [0.29, 0.717) is 117 Å². The summed E-state index contributed by atoms with van der Waals surface area (Å²) in [5.74, 6) is 3.69. The summed E-state index contributed by atoms with van der Waals surface area (Å²) < 4.78 is 68.0. The molecule has 4 aromatic rings. The Morgan fingerprint density at radius 3 is 1.62 bits per heavy atom. The number of methoxy groups -OCH3 is 2. The van der Waals surface area contributed by atoms with E-state index in [4.69, 9.17) is 44.8 Å². The van der Waals surface area contributed by atoms with E-state index >= 15 is 4.39 Å². The summed E-state index contributed by atoms with van der Waals surface area (Å²) in [5, 5.41) is 40.8. The van der Waals surface area contributed by atoms with Crippen LogP contribution < -0.4 is 18.9 Å². The standard InChI is InChI=1S/C66H76ClFN4O10/c1-76-46-18-8-40-34-48-65(74)23-21-63(54-60(65,50(40)52(46)78-54)27-32-70(48)36-38-4-5-38)57-72-56(62(80-57,43-12-16-45(68)17-13-43)20-3-29-69-30-25-59(73,26-31-69)42-10-14-44(67)15-11-42)81-64(58(72)82-63)22-24-66(75)49-35-41-9-19-47(77-2)53-51(41)61(66,55(64)79-53)28-33-71(49)37-39-6-7-39/h8-19,38-39,48-49,54-58,73-75H,3-7,20-37H2,1-2H3/t48-,49-,54-,55-,56?,57?,58?,60+,61+,62+,63+,64+,65-,66-/m1/s1. The minimum atomic E-state index is -1.16. The van der Waals surface area contributed by atoms with Gasteiger partial charge in [-0.3, -0.25) is 9.80 Å². The van der Waals surface area contributed by atoms with Crippen LogP contribution in [0.2, 0.25) is 5.02 Å². The summed E-state index contributed by atoms with van der Waals surface area (Å²) in [4.78, 5) is 10.1. The van der Waals surface area contributed by atoms with Crippen LogP contribution in [-0.4, -0.2) is 160 Å². The van der Waals surface area contributed by atoms with Crippen LogP contribution in [0.3, 0.4) is 0 Å². The highest BCUT2D eigenvalue weighted by Gasteiger charge is 2.88. The van der Waals surface area contributed by atoms with Gasteiger partial charge in [0, 0.05) is 54.4 Å². The van der Waals surface area contributed by atoms with Crippen molar-refractivity contribution in [1.29, 1.82) is 0 Å². The fourth-order valence-electron chi connectivity index (χ4n) is 20.5. The first-order valence-electron chi connectivity index (χ1n) is 31.2. The summed E-state index contributed by atoms with van der Waals surface area (Å²) in [5.41, 5.74) is -2.16. The summed E-state index contributed by atoms with van der Waals surface area (Å²) in [6, 6.07) is 22.8. The van der Waals surface area contributed by atoms with Crippen LogP contribution in [-0.2, 0) is 49.1 Å². The molecule has 82 heavy (non-hydrogen) atoms. The molecule has 0 aromatic heterocycles. The molecule has 18 rings (SSSR count). The highest BCUT2D eigenvalue weighted by Crippen LogP contribution is 2.76. The molecule has 8 aliphatic heterocycles. The van der Waals surface area contributed by atoms with E-state index in [-0.39, 0.29) is 17.9 Å². The quantitative estimate of drug-likeness (QED) is 0.127.